The molecule has 2 nitrogen and oxygen atoms in total. The highest BCUT2D eigenvalue weighted by molar-refractivity contribution is 5.72. The summed E-state index contributed by atoms with van der Waals surface area (Å²) < 4.78 is 13.4. The molecule has 0 unspecified atom stereocenters. The maximum Gasteiger partial charge on any atom is 0.125 e. The largest absolute Gasteiger partial charge is 0.382 e. The summed E-state index contributed by atoms with van der Waals surface area (Å²) >= 11 is 0. The molecule has 1 heterocycles. The van der Waals surface area contributed by atoms with Crippen LogP contribution in [0.3, 0.4) is 0 Å². The third-order valence-electron chi connectivity index (χ3n) is 3.95. The Morgan fingerprint density at radius 3 is 2.82 bits per heavy atom. The molecule has 0 atom stereocenters. The molecule has 1 fully saturated rings. The van der Waals surface area contributed by atoms with Crippen LogP contribution in [-0.2, 0) is 0 Å². The predicted octanol–water partition coefficient (Wildman–Crippen LogP) is 3.39. The molecule has 0 aromatic heterocycles. The fraction of sp³-hybridized carbons (Fsp3) is 0.571. The molecule has 0 radical (unpaired) electrons. The van der Waals surface area contributed by atoms with Crippen LogP contribution in [0.2, 0.25) is 0 Å². The summed E-state index contributed by atoms with van der Waals surface area (Å²) in [6.45, 7) is 1.97. The minimum atomic E-state index is -0.131. The summed E-state index contributed by atoms with van der Waals surface area (Å²) in [6.07, 6.45) is 6.52. The van der Waals surface area contributed by atoms with Crippen LogP contribution in [0.5, 0.6) is 0 Å². The minimum absolute atomic E-state index is 0.131. The van der Waals surface area contributed by atoms with Gasteiger partial charge in [-0.1, -0.05) is 19.3 Å². The quantitative estimate of drug-likeness (QED) is 0.801. The summed E-state index contributed by atoms with van der Waals surface area (Å²) in [5.74, 6) is -0.131. The second-order valence-corrected chi connectivity index (χ2v) is 5.07. The van der Waals surface area contributed by atoms with Gasteiger partial charge in [0.1, 0.15) is 5.82 Å². The minimum Gasteiger partial charge on any atom is -0.382 e. The Bertz CT molecular complexity index is 399. The van der Waals surface area contributed by atoms with Crippen LogP contribution >= 0.6 is 0 Å². The summed E-state index contributed by atoms with van der Waals surface area (Å²) in [5, 5.41) is 3.35. The highest BCUT2D eigenvalue weighted by Gasteiger charge is 2.25. The Morgan fingerprint density at radius 2 is 2.00 bits per heavy atom. The fourth-order valence-electron chi connectivity index (χ4n) is 3.10. The lowest BCUT2D eigenvalue weighted by Crippen LogP contribution is -2.42. The van der Waals surface area contributed by atoms with Gasteiger partial charge in [-0.05, 0) is 31.0 Å². The fourth-order valence-corrected chi connectivity index (χ4v) is 3.10. The Kier molecular flexibility index (Phi) is 2.91. The zero-order valence-electron chi connectivity index (χ0n) is 10.1. The SMILES string of the molecule is Fc1ccc2c(c1)N(C1CCCCC1)CCN2. The number of nitrogens with zero attached hydrogens (tertiary/aromatic N) is 1. The average Bonchev–Trinajstić information content (AvgIpc) is 2.39. The summed E-state index contributed by atoms with van der Waals surface area (Å²) in [5.41, 5.74) is 2.14. The number of benzene rings is 1. The van der Waals surface area contributed by atoms with E-state index in [1.165, 1.54) is 38.2 Å². The number of halogens is 1. The maximum atomic E-state index is 13.4. The van der Waals surface area contributed by atoms with Crippen molar-refractivity contribution in [2.75, 3.05) is 23.3 Å². The van der Waals surface area contributed by atoms with E-state index in [1.807, 2.05) is 6.07 Å². The molecular formula is C14H19FN2. The topological polar surface area (TPSA) is 15.3 Å². The highest BCUT2D eigenvalue weighted by Crippen LogP contribution is 2.34. The number of rotatable bonds is 1. The zero-order chi connectivity index (χ0) is 11.7. The molecule has 1 aliphatic carbocycles. The molecule has 1 aliphatic heterocycles. The van der Waals surface area contributed by atoms with Crippen LogP contribution in [0.4, 0.5) is 15.8 Å². The van der Waals surface area contributed by atoms with Crippen LogP contribution in [0.1, 0.15) is 32.1 Å². The van der Waals surface area contributed by atoms with Gasteiger partial charge in [0.2, 0.25) is 0 Å². The first kappa shape index (κ1) is 10.9. The van der Waals surface area contributed by atoms with Crippen molar-refractivity contribution in [3.8, 4) is 0 Å². The average molecular weight is 234 g/mol. The first-order valence-electron chi connectivity index (χ1n) is 6.65. The second-order valence-electron chi connectivity index (χ2n) is 5.07. The molecule has 92 valence electrons. The van der Waals surface area contributed by atoms with E-state index in [1.54, 1.807) is 6.07 Å². The van der Waals surface area contributed by atoms with Gasteiger partial charge in [-0.25, -0.2) is 4.39 Å². The first-order valence-corrected chi connectivity index (χ1v) is 6.65. The van der Waals surface area contributed by atoms with Crippen LogP contribution in [0.15, 0.2) is 18.2 Å². The van der Waals surface area contributed by atoms with Gasteiger partial charge in [0.05, 0.1) is 11.4 Å². The monoisotopic (exact) mass is 234 g/mol. The van der Waals surface area contributed by atoms with Crippen molar-refractivity contribution >= 4 is 11.4 Å². The lowest BCUT2D eigenvalue weighted by Gasteiger charge is -2.40. The van der Waals surface area contributed by atoms with Crippen molar-refractivity contribution in [1.82, 2.24) is 0 Å². The van der Waals surface area contributed by atoms with Gasteiger partial charge < -0.3 is 10.2 Å². The van der Waals surface area contributed by atoms with Crippen LogP contribution in [0.25, 0.3) is 0 Å². The highest BCUT2D eigenvalue weighted by atomic mass is 19.1. The van der Waals surface area contributed by atoms with E-state index in [4.69, 9.17) is 0 Å². The molecule has 0 amide bonds. The summed E-state index contributed by atoms with van der Waals surface area (Å²) in [6, 6.07) is 5.69. The number of nitrogens with one attached hydrogen (secondary N) is 1. The summed E-state index contributed by atoms with van der Waals surface area (Å²) in [4.78, 5) is 2.41. The number of anilines is 2. The molecule has 17 heavy (non-hydrogen) atoms. The van der Waals surface area contributed by atoms with Crippen LogP contribution in [-0.4, -0.2) is 19.1 Å². The van der Waals surface area contributed by atoms with Crippen molar-refractivity contribution in [3.63, 3.8) is 0 Å². The van der Waals surface area contributed by atoms with Gasteiger partial charge in [0, 0.05) is 19.1 Å². The van der Waals surface area contributed by atoms with Gasteiger partial charge in [0.15, 0.2) is 0 Å². The standard InChI is InChI=1S/C14H19FN2/c15-11-6-7-13-14(10-11)17(9-8-16-13)12-4-2-1-3-5-12/h6-7,10,12,16H,1-5,8-9H2. The van der Waals surface area contributed by atoms with Gasteiger partial charge in [0.25, 0.3) is 0 Å². The molecule has 1 aromatic carbocycles. The molecule has 0 spiro atoms. The molecule has 0 bridgehead atoms. The molecule has 3 rings (SSSR count). The van der Waals surface area contributed by atoms with E-state index in [0.717, 1.165) is 24.5 Å². The molecule has 1 N–H and O–H groups in total. The third-order valence-corrected chi connectivity index (χ3v) is 3.95. The van der Waals surface area contributed by atoms with Gasteiger partial charge in [-0.15, -0.1) is 0 Å². The number of fused-ring (bicyclic) bond motifs is 1. The van der Waals surface area contributed by atoms with E-state index in [9.17, 15) is 4.39 Å². The lowest BCUT2D eigenvalue weighted by atomic mass is 9.93. The molecular weight excluding hydrogens is 215 g/mol. The molecule has 1 saturated carbocycles. The zero-order valence-corrected chi connectivity index (χ0v) is 10.1. The Labute approximate surface area is 102 Å². The van der Waals surface area contributed by atoms with Crippen LogP contribution in [0, 0.1) is 5.82 Å². The van der Waals surface area contributed by atoms with E-state index in [2.05, 4.69) is 10.2 Å². The van der Waals surface area contributed by atoms with Gasteiger partial charge in [-0.3, -0.25) is 0 Å². The van der Waals surface area contributed by atoms with E-state index >= 15 is 0 Å². The van der Waals surface area contributed by atoms with Crippen molar-refractivity contribution in [1.29, 1.82) is 0 Å². The normalized spacial score (nSPS) is 20.9. The van der Waals surface area contributed by atoms with Gasteiger partial charge in [-0.2, -0.15) is 0 Å². The Morgan fingerprint density at radius 1 is 1.18 bits per heavy atom. The molecule has 1 aromatic rings. The maximum absolute atomic E-state index is 13.4. The van der Waals surface area contributed by atoms with Gasteiger partial charge >= 0.3 is 0 Å². The predicted molar refractivity (Wildman–Crippen MR) is 69.1 cm³/mol. The van der Waals surface area contributed by atoms with Crippen molar-refractivity contribution in [3.05, 3.63) is 24.0 Å². The summed E-state index contributed by atoms with van der Waals surface area (Å²) in [7, 11) is 0. The van der Waals surface area contributed by atoms with Crippen molar-refractivity contribution in [2.24, 2.45) is 0 Å². The van der Waals surface area contributed by atoms with Crippen molar-refractivity contribution < 1.29 is 4.39 Å². The Hall–Kier alpha value is -1.25. The second kappa shape index (κ2) is 4.55. The third kappa shape index (κ3) is 2.11. The first-order chi connectivity index (χ1) is 8.34. The van der Waals surface area contributed by atoms with Crippen LogP contribution < -0.4 is 10.2 Å². The van der Waals surface area contributed by atoms with E-state index in [0.29, 0.717) is 6.04 Å². The Balaban J connectivity index is 1.89. The lowest BCUT2D eigenvalue weighted by molar-refractivity contribution is 0.415. The number of hydrogen-bond donors (Lipinski definition) is 1. The number of hydrogen-bond acceptors (Lipinski definition) is 2. The van der Waals surface area contributed by atoms with E-state index < -0.39 is 0 Å². The molecule has 2 aliphatic rings. The van der Waals surface area contributed by atoms with E-state index in [-0.39, 0.29) is 5.82 Å². The molecule has 0 saturated heterocycles. The smallest absolute Gasteiger partial charge is 0.125 e. The van der Waals surface area contributed by atoms with Crippen molar-refractivity contribution in [2.45, 2.75) is 38.1 Å². The molecule has 3 heteroatoms.